The molecule has 2 aromatic carbocycles. The van der Waals surface area contributed by atoms with Crippen LogP contribution in [0.4, 0.5) is 11.4 Å². The highest BCUT2D eigenvalue weighted by Crippen LogP contribution is 2.23. The van der Waals surface area contributed by atoms with Crippen LogP contribution in [0.3, 0.4) is 0 Å². The van der Waals surface area contributed by atoms with Crippen molar-refractivity contribution in [3.8, 4) is 11.3 Å². The van der Waals surface area contributed by atoms with Crippen LogP contribution in [0.1, 0.15) is 23.2 Å². The third-order valence-corrected chi connectivity index (χ3v) is 5.04. The fourth-order valence-electron chi connectivity index (χ4n) is 3.44. The molecule has 0 atom stereocenters. The second-order valence-electron chi connectivity index (χ2n) is 7.02. The Kier molecular flexibility index (Phi) is 5.35. The van der Waals surface area contributed by atoms with Crippen molar-refractivity contribution in [2.24, 2.45) is 0 Å². The predicted molar refractivity (Wildman–Crippen MR) is 112 cm³/mol. The molecule has 142 valence electrons. The minimum absolute atomic E-state index is 0.140. The molecule has 1 aliphatic heterocycles. The van der Waals surface area contributed by atoms with E-state index < -0.39 is 0 Å². The molecule has 4 rings (SSSR count). The van der Waals surface area contributed by atoms with E-state index in [1.807, 2.05) is 66.7 Å². The van der Waals surface area contributed by atoms with Gasteiger partial charge in [-0.1, -0.05) is 18.2 Å². The molecule has 0 aliphatic carbocycles. The molecule has 0 unspecified atom stereocenters. The number of aliphatic hydroxyl groups is 1. The van der Waals surface area contributed by atoms with Crippen LogP contribution in [0.2, 0.25) is 0 Å². The van der Waals surface area contributed by atoms with Gasteiger partial charge in [0, 0.05) is 41.8 Å². The lowest BCUT2D eigenvalue weighted by molar-refractivity contribution is 0.102. The molecule has 0 spiro atoms. The standard InChI is InChI=1S/C23H23N3O2/c27-21-11-14-26(15-12-21)20-9-7-17(8-10-20)23(28)25-19-5-3-4-18(16-19)22-6-1-2-13-24-22/h1-10,13,16,21,27H,11-12,14-15H2,(H,25,28). The summed E-state index contributed by atoms with van der Waals surface area (Å²) in [4.78, 5) is 19.2. The van der Waals surface area contributed by atoms with Gasteiger partial charge in [0.15, 0.2) is 0 Å². The molecule has 0 bridgehead atoms. The van der Waals surface area contributed by atoms with Gasteiger partial charge in [0.1, 0.15) is 0 Å². The van der Waals surface area contributed by atoms with E-state index in [9.17, 15) is 9.90 Å². The van der Waals surface area contributed by atoms with E-state index in [1.54, 1.807) is 6.20 Å². The van der Waals surface area contributed by atoms with E-state index >= 15 is 0 Å². The van der Waals surface area contributed by atoms with Crippen LogP contribution < -0.4 is 10.2 Å². The number of pyridine rings is 1. The SMILES string of the molecule is O=C(Nc1cccc(-c2ccccn2)c1)c1ccc(N2CCC(O)CC2)cc1. The van der Waals surface area contributed by atoms with Crippen molar-refractivity contribution in [1.82, 2.24) is 4.98 Å². The number of aliphatic hydroxyl groups excluding tert-OH is 1. The number of carbonyl (C=O) groups excluding carboxylic acids is 1. The van der Waals surface area contributed by atoms with Crippen LogP contribution in [0, 0.1) is 0 Å². The van der Waals surface area contributed by atoms with Crippen molar-refractivity contribution in [2.75, 3.05) is 23.3 Å². The van der Waals surface area contributed by atoms with Gasteiger partial charge in [0.2, 0.25) is 0 Å². The summed E-state index contributed by atoms with van der Waals surface area (Å²) in [7, 11) is 0. The van der Waals surface area contributed by atoms with Crippen LogP contribution in [0.15, 0.2) is 72.9 Å². The predicted octanol–water partition coefficient (Wildman–Crippen LogP) is 3.96. The zero-order chi connectivity index (χ0) is 19.3. The molecule has 0 radical (unpaired) electrons. The van der Waals surface area contributed by atoms with Crippen molar-refractivity contribution in [2.45, 2.75) is 18.9 Å². The number of hydrogen-bond donors (Lipinski definition) is 2. The molecule has 1 saturated heterocycles. The Labute approximate surface area is 164 Å². The van der Waals surface area contributed by atoms with Gasteiger partial charge in [-0.2, -0.15) is 0 Å². The van der Waals surface area contributed by atoms with Crippen LogP contribution in [0.25, 0.3) is 11.3 Å². The molecule has 1 aliphatic rings. The van der Waals surface area contributed by atoms with Gasteiger partial charge in [-0.05, 0) is 61.4 Å². The molecule has 1 amide bonds. The summed E-state index contributed by atoms with van der Waals surface area (Å²) in [6.45, 7) is 1.68. The number of rotatable bonds is 4. The molecular formula is C23H23N3O2. The summed E-state index contributed by atoms with van der Waals surface area (Å²) in [6, 6.07) is 21.1. The second kappa shape index (κ2) is 8.23. The number of nitrogens with one attached hydrogen (secondary N) is 1. The third kappa shape index (κ3) is 4.21. The van der Waals surface area contributed by atoms with Crippen molar-refractivity contribution in [3.63, 3.8) is 0 Å². The van der Waals surface area contributed by atoms with E-state index in [-0.39, 0.29) is 12.0 Å². The van der Waals surface area contributed by atoms with Gasteiger partial charge < -0.3 is 15.3 Å². The molecule has 0 saturated carbocycles. The molecule has 5 nitrogen and oxygen atoms in total. The Bertz CT molecular complexity index is 934. The summed E-state index contributed by atoms with van der Waals surface area (Å²) in [5.74, 6) is -0.140. The normalized spacial score (nSPS) is 14.7. The van der Waals surface area contributed by atoms with Crippen molar-refractivity contribution >= 4 is 17.3 Å². The summed E-state index contributed by atoms with van der Waals surface area (Å²) >= 11 is 0. The summed E-state index contributed by atoms with van der Waals surface area (Å²) in [5.41, 5.74) is 4.27. The molecule has 3 aromatic rings. The number of hydrogen-bond acceptors (Lipinski definition) is 4. The average molecular weight is 373 g/mol. The molecule has 2 heterocycles. The van der Waals surface area contributed by atoms with E-state index in [4.69, 9.17) is 0 Å². The lowest BCUT2D eigenvalue weighted by Gasteiger charge is -2.31. The van der Waals surface area contributed by atoms with Crippen molar-refractivity contribution in [3.05, 3.63) is 78.5 Å². The largest absolute Gasteiger partial charge is 0.393 e. The average Bonchev–Trinajstić information content (AvgIpc) is 2.75. The van der Waals surface area contributed by atoms with Crippen molar-refractivity contribution in [1.29, 1.82) is 0 Å². The quantitative estimate of drug-likeness (QED) is 0.726. The Balaban J connectivity index is 1.44. The number of amides is 1. The molecule has 1 aromatic heterocycles. The Morgan fingerprint density at radius 3 is 2.50 bits per heavy atom. The smallest absolute Gasteiger partial charge is 0.255 e. The first-order valence-corrected chi connectivity index (χ1v) is 9.55. The highest BCUT2D eigenvalue weighted by atomic mass is 16.3. The summed E-state index contributed by atoms with van der Waals surface area (Å²) < 4.78 is 0. The minimum Gasteiger partial charge on any atom is -0.393 e. The zero-order valence-corrected chi connectivity index (χ0v) is 15.6. The molecule has 5 heteroatoms. The highest BCUT2D eigenvalue weighted by molar-refractivity contribution is 6.04. The third-order valence-electron chi connectivity index (χ3n) is 5.04. The molecular weight excluding hydrogens is 350 g/mol. The monoisotopic (exact) mass is 373 g/mol. The second-order valence-corrected chi connectivity index (χ2v) is 7.02. The van der Waals surface area contributed by atoms with Crippen LogP contribution in [0.5, 0.6) is 0 Å². The molecule has 28 heavy (non-hydrogen) atoms. The first kappa shape index (κ1) is 18.2. The van der Waals surface area contributed by atoms with Crippen LogP contribution >= 0.6 is 0 Å². The Morgan fingerprint density at radius 2 is 1.79 bits per heavy atom. The number of carbonyl (C=O) groups is 1. The maximum atomic E-state index is 12.6. The molecule has 2 N–H and O–H groups in total. The van der Waals surface area contributed by atoms with Gasteiger partial charge in [-0.3, -0.25) is 9.78 Å². The van der Waals surface area contributed by atoms with Crippen molar-refractivity contribution < 1.29 is 9.90 Å². The first-order chi connectivity index (χ1) is 13.7. The zero-order valence-electron chi connectivity index (χ0n) is 15.6. The van der Waals surface area contributed by atoms with Gasteiger partial charge in [-0.25, -0.2) is 0 Å². The number of nitrogens with zero attached hydrogens (tertiary/aromatic N) is 2. The van der Waals surface area contributed by atoms with Gasteiger partial charge in [-0.15, -0.1) is 0 Å². The highest BCUT2D eigenvalue weighted by Gasteiger charge is 2.17. The van der Waals surface area contributed by atoms with Crippen LogP contribution in [-0.4, -0.2) is 35.2 Å². The van der Waals surface area contributed by atoms with Crippen LogP contribution in [-0.2, 0) is 0 Å². The number of anilines is 2. The van der Waals surface area contributed by atoms with Gasteiger partial charge in [0.25, 0.3) is 5.91 Å². The number of piperidine rings is 1. The summed E-state index contributed by atoms with van der Waals surface area (Å²) in [6.07, 6.45) is 3.14. The van der Waals surface area contributed by atoms with E-state index in [0.29, 0.717) is 5.56 Å². The number of benzene rings is 2. The van der Waals surface area contributed by atoms with Gasteiger partial charge >= 0.3 is 0 Å². The topological polar surface area (TPSA) is 65.5 Å². The Hall–Kier alpha value is -3.18. The van der Waals surface area contributed by atoms with E-state index in [0.717, 1.165) is 48.6 Å². The van der Waals surface area contributed by atoms with E-state index in [2.05, 4.69) is 15.2 Å². The fourth-order valence-corrected chi connectivity index (χ4v) is 3.44. The maximum absolute atomic E-state index is 12.6. The Morgan fingerprint density at radius 1 is 1.00 bits per heavy atom. The lowest BCUT2D eigenvalue weighted by Crippen LogP contribution is -2.35. The lowest BCUT2D eigenvalue weighted by atomic mass is 10.1. The first-order valence-electron chi connectivity index (χ1n) is 9.55. The maximum Gasteiger partial charge on any atom is 0.255 e. The number of aromatic nitrogens is 1. The minimum atomic E-state index is -0.192. The molecule has 1 fully saturated rings. The fraction of sp³-hybridized carbons (Fsp3) is 0.217. The van der Waals surface area contributed by atoms with E-state index in [1.165, 1.54) is 0 Å². The summed E-state index contributed by atoms with van der Waals surface area (Å²) in [5, 5.41) is 12.6. The van der Waals surface area contributed by atoms with Gasteiger partial charge in [0.05, 0.1) is 11.8 Å².